The first kappa shape index (κ1) is 23.7. The Morgan fingerprint density at radius 1 is 0.909 bits per heavy atom. The first-order chi connectivity index (χ1) is 15.5. The van der Waals surface area contributed by atoms with Gasteiger partial charge in [-0.05, 0) is 48.0 Å². The molecule has 5 nitrogen and oxygen atoms in total. The Hall–Kier alpha value is -2.40. The van der Waals surface area contributed by atoms with Crippen LogP contribution in [0, 0.1) is 5.82 Å². The van der Waals surface area contributed by atoms with E-state index < -0.39 is 25.5 Å². The van der Waals surface area contributed by atoms with Crippen molar-refractivity contribution in [2.75, 3.05) is 6.26 Å². The van der Waals surface area contributed by atoms with Gasteiger partial charge >= 0.3 is 0 Å². The summed E-state index contributed by atoms with van der Waals surface area (Å²) in [6, 6.07) is 18.7. The Bertz CT molecular complexity index is 1530. The molecule has 0 bridgehead atoms. The summed E-state index contributed by atoms with van der Waals surface area (Å²) in [4.78, 5) is 4.85. The van der Waals surface area contributed by atoms with Crippen LogP contribution in [0.3, 0.4) is 0 Å². The van der Waals surface area contributed by atoms with Gasteiger partial charge in [0.05, 0.1) is 21.2 Å². The highest BCUT2D eigenvalue weighted by molar-refractivity contribution is 9.10. The van der Waals surface area contributed by atoms with E-state index in [2.05, 4.69) is 20.9 Å². The van der Waals surface area contributed by atoms with Crippen LogP contribution in [0.4, 0.5) is 4.39 Å². The molecular formula is C23H17BrFNO4S3. The summed E-state index contributed by atoms with van der Waals surface area (Å²) in [5.74, 6) is -0.709. The molecule has 33 heavy (non-hydrogen) atoms. The Balaban J connectivity index is 1.90. The molecular weight excluding hydrogens is 549 g/mol. The van der Waals surface area contributed by atoms with Crippen molar-refractivity contribution in [3.8, 4) is 21.7 Å². The fourth-order valence-electron chi connectivity index (χ4n) is 3.26. The molecule has 1 aromatic heterocycles. The lowest BCUT2D eigenvalue weighted by molar-refractivity contribution is 0.594. The van der Waals surface area contributed by atoms with Crippen LogP contribution < -0.4 is 0 Å². The second-order valence-corrected chi connectivity index (χ2v) is 13.4. The molecule has 0 aliphatic rings. The summed E-state index contributed by atoms with van der Waals surface area (Å²) in [6.45, 7) is 0. The van der Waals surface area contributed by atoms with Crippen molar-refractivity contribution in [2.45, 2.75) is 15.0 Å². The average molecular weight is 566 g/mol. The molecule has 1 heterocycles. The smallest absolute Gasteiger partial charge is 0.210 e. The van der Waals surface area contributed by atoms with Crippen molar-refractivity contribution < 1.29 is 21.2 Å². The van der Waals surface area contributed by atoms with Gasteiger partial charge in [0.15, 0.2) is 9.84 Å². The van der Waals surface area contributed by atoms with Gasteiger partial charge in [-0.1, -0.05) is 46.3 Å². The zero-order valence-corrected chi connectivity index (χ0v) is 21.2. The van der Waals surface area contributed by atoms with E-state index >= 15 is 0 Å². The van der Waals surface area contributed by atoms with E-state index in [1.54, 1.807) is 42.5 Å². The molecule has 0 radical (unpaired) electrons. The second kappa shape index (κ2) is 9.09. The molecule has 0 aliphatic carbocycles. The predicted octanol–water partition coefficient (Wildman–Crippen LogP) is 5.76. The first-order valence-corrected chi connectivity index (χ1v) is 14.7. The van der Waals surface area contributed by atoms with Gasteiger partial charge in [0.2, 0.25) is 14.2 Å². The lowest BCUT2D eigenvalue weighted by atomic mass is 10.1. The molecule has 0 atom stereocenters. The van der Waals surface area contributed by atoms with E-state index in [0.717, 1.165) is 22.1 Å². The van der Waals surface area contributed by atoms with Gasteiger partial charge in [-0.3, -0.25) is 0 Å². The van der Waals surface area contributed by atoms with E-state index in [4.69, 9.17) is 0 Å². The second-order valence-electron chi connectivity index (χ2n) is 7.32. The number of benzene rings is 3. The third-order valence-electron chi connectivity index (χ3n) is 4.79. The maximum atomic E-state index is 13.5. The summed E-state index contributed by atoms with van der Waals surface area (Å²) in [5.41, 5.74) is 1.71. The van der Waals surface area contributed by atoms with E-state index in [1.165, 1.54) is 30.3 Å². The Morgan fingerprint density at radius 3 is 2.18 bits per heavy atom. The highest BCUT2D eigenvalue weighted by Gasteiger charge is 2.27. The van der Waals surface area contributed by atoms with Crippen molar-refractivity contribution in [3.63, 3.8) is 0 Å². The molecule has 0 saturated heterocycles. The van der Waals surface area contributed by atoms with Gasteiger partial charge in [-0.2, -0.15) is 0 Å². The van der Waals surface area contributed by atoms with E-state index in [-0.39, 0.29) is 20.7 Å². The molecule has 4 aromatic rings. The van der Waals surface area contributed by atoms with Crippen LogP contribution in [0.1, 0.15) is 5.56 Å². The lowest BCUT2D eigenvalue weighted by Crippen LogP contribution is -2.04. The number of sulfone groups is 2. The Morgan fingerprint density at radius 2 is 1.55 bits per heavy atom. The van der Waals surface area contributed by atoms with Gasteiger partial charge in [0.25, 0.3) is 0 Å². The van der Waals surface area contributed by atoms with Crippen LogP contribution in [0.15, 0.2) is 86.5 Å². The van der Waals surface area contributed by atoms with Crippen LogP contribution in [0.2, 0.25) is 0 Å². The maximum absolute atomic E-state index is 13.5. The molecule has 0 fully saturated rings. The minimum atomic E-state index is -3.83. The van der Waals surface area contributed by atoms with Crippen molar-refractivity contribution in [3.05, 3.63) is 88.6 Å². The average Bonchev–Trinajstić information content (AvgIpc) is 3.22. The topological polar surface area (TPSA) is 81.2 Å². The highest BCUT2D eigenvalue weighted by Crippen LogP contribution is 2.41. The number of nitrogens with zero attached hydrogens (tertiary/aromatic N) is 1. The molecule has 170 valence electrons. The molecule has 3 aromatic carbocycles. The van der Waals surface area contributed by atoms with Crippen LogP contribution in [0.25, 0.3) is 21.7 Å². The largest absolute Gasteiger partial charge is 0.224 e. The number of hydrogen-bond acceptors (Lipinski definition) is 6. The summed E-state index contributed by atoms with van der Waals surface area (Å²) in [7, 11) is -7.43. The molecule has 0 amide bonds. The van der Waals surface area contributed by atoms with E-state index in [9.17, 15) is 21.2 Å². The normalized spacial score (nSPS) is 12.1. The molecule has 0 spiro atoms. The monoisotopic (exact) mass is 565 g/mol. The Kier molecular flexibility index (Phi) is 6.54. The number of halogens is 2. The van der Waals surface area contributed by atoms with Crippen LogP contribution in [0.5, 0.6) is 0 Å². The predicted molar refractivity (Wildman–Crippen MR) is 131 cm³/mol. The quantitative estimate of drug-likeness (QED) is 0.297. The first-order valence-electron chi connectivity index (χ1n) is 9.58. The van der Waals surface area contributed by atoms with Gasteiger partial charge in [-0.25, -0.2) is 26.2 Å². The van der Waals surface area contributed by atoms with Crippen molar-refractivity contribution >= 4 is 46.9 Å². The standard InChI is InChI=1S/C23H17BrFNO4S3/c1-32(27,28)20-5-3-2-4-19(20)22-21(16-8-12-18(25)13-9-16)26-23(31-22)33(29,30)14-15-6-10-17(24)11-7-15/h2-13H,14H2,1H3. The lowest BCUT2D eigenvalue weighted by Gasteiger charge is -2.08. The fraction of sp³-hybridized carbons (Fsp3) is 0.0870. The summed E-state index contributed by atoms with van der Waals surface area (Å²) in [5, 5.41) is 0. The van der Waals surface area contributed by atoms with Gasteiger partial charge < -0.3 is 0 Å². The van der Waals surface area contributed by atoms with Gasteiger partial charge in [0.1, 0.15) is 5.82 Å². The van der Waals surface area contributed by atoms with Gasteiger partial charge in [0, 0.05) is 21.9 Å². The van der Waals surface area contributed by atoms with Crippen LogP contribution >= 0.6 is 27.3 Å². The van der Waals surface area contributed by atoms with Crippen molar-refractivity contribution in [1.29, 1.82) is 0 Å². The third kappa shape index (κ3) is 5.24. The fourth-order valence-corrected chi connectivity index (χ4v) is 7.26. The molecule has 0 N–H and O–H groups in total. The van der Waals surface area contributed by atoms with E-state index in [1.807, 2.05) is 0 Å². The zero-order chi connectivity index (χ0) is 23.8. The number of hydrogen-bond donors (Lipinski definition) is 0. The zero-order valence-electron chi connectivity index (χ0n) is 17.2. The minimum Gasteiger partial charge on any atom is -0.224 e. The van der Waals surface area contributed by atoms with Crippen LogP contribution in [-0.2, 0) is 25.4 Å². The molecule has 0 aliphatic heterocycles. The third-order valence-corrected chi connectivity index (χ3v) is 9.71. The number of rotatable bonds is 6. The number of aromatic nitrogens is 1. The molecule has 10 heteroatoms. The van der Waals surface area contributed by atoms with Crippen LogP contribution in [-0.4, -0.2) is 28.1 Å². The van der Waals surface area contributed by atoms with E-state index in [0.29, 0.717) is 21.6 Å². The minimum absolute atomic E-state index is 0.0638. The van der Waals surface area contributed by atoms with Gasteiger partial charge in [-0.15, -0.1) is 11.3 Å². The summed E-state index contributed by atoms with van der Waals surface area (Å²) in [6.07, 6.45) is 1.09. The molecule has 0 saturated carbocycles. The Labute approximate surface area is 203 Å². The summed E-state index contributed by atoms with van der Waals surface area (Å²) < 4.78 is 65.4. The molecule has 0 unspecified atom stereocenters. The van der Waals surface area contributed by atoms with Crippen molar-refractivity contribution in [2.24, 2.45) is 0 Å². The van der Waals surface area contributed by atoms with Crippen molar-refractivity contribution in [1.82, 2.24) is 4.98 Å². The highest BCUT2D eigenvalue weighted by atomic mass is 79.9. The number of thiazole rings is 1. The maximum Gasteiger partial charge on any atom is 0.210 e. The SMILES string of the molecule is CS(=O)(=O)c1ccccc1-c1sc(S(=O)(=O)Cc2ccc(Br)cc2)nc1-c1ccc(F)cc1. The molecule has 4 rings (SSSR count). The summed E-state index contributed by atoms with van der Waals surface area (Å²) >= 11 is 4.23.